The van der Waals surface area contributed by atoms with Gasteiger partial charge in [0.2, 0.25) is 0 Å². The van der Waals surface area contributed by atoms with Gasteiger partial charge in [-0.2, -0.15) is 0 Å². The van der Waals surface area contributed by atoms with E-state index in [2.05, 4.69) is 10.3 Å². The third-order valence-electron chi connectivity index (χ3n) is 2.40. The maximum Gasteiger partial charge on any atom is 0.153 e. The Labute approximate surface area is 115 Å². The molecule has 0 spiro atoms. The molecule has 0 bridgehead atoms. The smallest absolute Gasteiger partial charge is 0.153 e. The first-order valence-electron chi connectivity index (χ1n) is 6.52. The van der Waals surface area contributed by atoms with Gasteiger partial charge >= 0.3 is 0 Å². The Bertz CT molecular complexity index is 530. The van der Waals surface area contributed by atoms with Gasteiger partial charge in [0.25, 0.3) is 0 Å². The number of carbonyl (C=O) groups excluding carboxylic acids is 1. The molecule has 0 radical (unpaired) electrons. The van der Waals surface area contributed by atoms with E-state index in [0.29, 0.717) is 5.56 Å². The number of aromatic nitrogens is 2. The van der Waals surface area contributed by atoms with Crippen molar-refractivity contribution in [3.63, 3.8) is 0 Å². The van der Waals surface area contributed by atoms with Crippen molar-refractivity contribution >= 4 is 17.3 Å². The van der Waals surface area contributed by atoms with Crippen LogP contribution in [0.15, 0.2) is 12.3 Å². The molecule has 0 unspecified atom stereocenters. The number of hydrogen-bond acceptors (Lipinski definition) is 3. The first-order valence-corrected chi connectivity index (χ1v) is 6.52. The lowest BCUT2D eigenvalue weighted by atomic mass is 10.2. The van der Waals surface area contributed by atoms with Crippen LogP contribution < -0.4 is 5.32 Å². The molecule has 0 atom stereocenters. The first kappa shape index (κ1) is 17.3. The van der Waals surface area contributed by atoms with Gasteiger partial charge in [-0.1, -0.05) is 13.8 Å². The Morgan fingerprint density at radius 1 is 1.26 bits per heavy atom. The maximum absolute atomic E-state index is 10.8. The second-order valence-electron chi connectivity index (χ2n) is 4.09. The van der Waals surface area contributed by atoms with Crippen molar-refractivity contribution in [3.8, 4) is 0 Å². The van der Waals surface area contributed by atoms with Crippen LogP contribution in [0.4, 0.5) is 0 Å². The fraction of sp³-hybridized carbons (Fsp3) is 0.467. The fourth-order valence-corrected chi connectivity index (χ4v) is 1.90. The van der Waals surface area contributed by atoms with Crippen LogP contribution in [0.25, 0.3) is 11.0 Å². The number of fused-ring (bicyclic) bond motifs is 1. The molecule has 19 heavy (non-hydrogen) atoms. The highest BCUT2D eigenvalue weighted by molar-refractivity contribution is 5.96. The summed E-state index contributed by atoms with van der Waals surface area (Å²) in [5, 5.41) is 2.75. The van der Waals surface area contributed by atoms with Crippen molar-refractivity contribution in [1.82, 2.24) is 14.9 Å². The summed E-state index contributed by atoms with van der Waals surface area (Å²) in [6, 6.07) is 2.02. The highest BCUT2D eigenvalue weighted by Crippen LogP contribution is 2.21. The molecular weight excluding hydrogens is 238 g/mol. The van der Waals surface area contributed by atoms with Crippen molar-refractivity contribution in [2.45, 2.75) is 27.7 Å². The van der Waals surface area contributed by atoms with E-state index in [1.54, 1.807) is 0 Å². The first-order chi connectivity index (χ1) is 9.04. The van der Waals surface area contributed by atoms with Gasteiger partial charge in [0.1, 0.15) is 0 Å². The molecule has 2 aromatic rings. The van der Waals surface area contributed by atoms with Gasteiger partial charge in [-0.3, -0.25) is 9.78 Å². The Hall–Kier alpha value is -1.68. The number of pyridine rings is 1. The van der Waals surface area contributed by atoms with E-state index in [-0.39, 0.29) is 0 Å². The second kappa shape index (κ2) is 8.43. The lowest BCUT2D eigenvalue weighted by molar-refractivity contribution is 0.112. The lowest BCUT2D eigenvalue weighted by Gasteiger charge is -2.01. The van der Waals surface area contributed by atoms with Crippen molar-refractivity contribution in [3.05, 3.63) is 29.1 Å². The van der Waals surface area contributed by atoms with Gasteiger partial charge < -0.3 is 9.88 Å². The molecule has 0 amide bonds. The highest BCUT2D eigenvalue weighted by Gasteiger charge is 2.09. The molecule has 4 nitrogen and oxygen atoms in total. The largest absolute Gasteiger partial charge is 0.348 e. The SMILES string of the molecule is CC.CNC.Cc1cc(C)c2c(n1)c(C=O)cn2C. The van der Waals surface area contributed by atoms with E-state index in [1.165, 1.54) is 0 Å². The van der Waals surface area contributed by atoms with Crippen LogP contribution in [0.2, 0.25) is 0 Å². The van der Waals surface area contributed by atoms with Crippen LogP contribution in [0.5, 0.6) is 0 Å². The Kier molecular flexibility index (Phi) is 7.68. The number of aryl methyl sites for hydroxylation is 3. The zero-order chi connectivity index (χ0) is 15.0. The maximum atomic E-state index is 10.8. The van der Waals surface area contributed by atoms with Crippen molar-refractivity contribution in [1.29, 1.82) is 0 Å². The summed E-state index contributed by atoms with van der Waals surface area (Å²) in [5.41, 5.74) is 4.61. The Morgan fingerprint density at radius 2 is 1.79 bits per heavy atom. The van der Waals surface area contributed by atoms with Crippen LogP contribution in [0.3, 0.4) is 0 Å². The summed E-state index contributed by atoms with van der Waals surface area (Å²) in [5.74, 6) is 0. The van der Waals surface area contributed by atoms with Crippen molar-refractivity contribution in [2.75, 3.05) is 14.1 Å². The molecule has 0 saturated heterocycles. The van der Waals surface area contributed by atoms with Gasteiger partial charge in [0.05, 0.1) is 16.6 Å². The second-order valence-corrected chi connectivity index (χ2v) is 4.09. The van der Waals surface area contributed by atoms with E-state index < -0.39 is 0 Å². The van der Waals surface area contributed by atoms with Crippen molar-refractivity contribution in [2.24, 2.45) is 7.05 Å². The zero-order valence-electron chi connectivity index (χ0n) is 13.0. The molecule has 2 rings (SSSR count). The molecule has 4 heteroatoms. The number of hydrogen-bond donors (Lipinski definition) is 1. The predicted octanol–water partition coefficient (Wildman–Crippen LogP) is 2.86. The minimum Gasteiger partial charge on any atom is -0.348 e. The summed E-state index contributed by atoms with van der Waals surface area (Å²) < 4.78 is 1.95. The quantitative estimate of drug-likeness (QED) is 0.805. The van der Waals surface area contributed by atoms with Crippen molar-refractivity contribution < 1.29 is 4.79 Å². The topological polar surface area (TPSA) is 46.9 Å². The molecule has 106 valence electrons. The average Bonchev–Trinajstić information content (AvgIpc) is 2.69. The lowest BCUT2D eigenvalue weighted by Crippen LogP contribution is -1.90. The molecule has 1 N–H and O–H groups in total. The van der Waals surface area contributed by atoms with Crippen LogP contribution in [0, 0.1) is 13.8 Å². The van der Waals surface area contributed by atoms with E-state index in [4.69, 9.17) is 0 Å². The van der Waals surface area contributed by atoms with Gasteiger partial charge in [-0.15, -0.1) is 0 Å². The van der Waals surface area contributed by atoms with Gasteiger partial charge in [-0.05, 0) is 39.6 Å². The van der Waals surface area contributed by atoms with Gasteiger partial charge in [0.15, 0.2) is 6.29 Å². The number of carbonyl (C=O) groups is 1. The number of nitrogens with zero attached hydrogens (tertiary/aromatic N) is 2. The molecule has 0 fully saturated rings. The molecule has 0 saturated carbocycles. The molecule has 0 aliphatic rings. The number of aldehydes is 1. The molecule has 0 aliphatic heterocycles. The summed E-state index contributed by atoms with van der Waals surface area (Å²) in [6.07, 6.45) is 2.67. The number of rotatable bonds is 1. The molecule has 0 aromatic carbocycles. The van der Waals surface area contributed by atoms with Gasteiger partial charge in [0, 0.05) is 18.9 Å². The third-order valence-corrected chi connectivity index (χ3v) is 2.40. The normalized spacial score (nSPS) is 9.21. The molecular formula is C15H25N3O. The zero-order valence-corrected chi connectivity index (χ0v) is 13.0. The molecule has 2 aromatic heterocycles. The van der Waals surface area contributed by atoms with Crippen LogP contribution >= 0.6 is 0 Å². The van der Waals surface area contributed by atoms with Gasteiger partial charge in [-0.25, -0.2) is 0 Å². The molecule has 2 heterocycles. The monoisotopic (exact) mass is 263 g/mol. The fourth-order valence-electron chi connectivity index (χ4n) is 1.90. The minimum absolute atomic E-state index is 0.661. The minimum atomic E-state index is 0.661. The van der Waals surface area contributed by atoms with E-state index in [1.807, 2.05) is 65.7 Å². The standard InChI is InChI=1S/C11H12N2O.C2H7N.C2H6/c1-7-4-8(2)12-10-9(6-14)5-13(3)11(7)10;1-3-2;1-2/h4-6H,1-3H3;3H,1-2H3;1-2H3. The van der Waals surface area contributed by atoms with Crippen LogP contribution in [-0.2, 0) is 7.05 Å². The summed E-state index contributed by atoms with van der Waals surface area (Å²) >= 11 is 0. The summed E-state index contributed by atoms with van der Waals surface area (Å²) in [6.45, 7) is 7.97. The average molecular weight is 263 g/mol. The number of nitrogens with one attached hydrogen (secondary N) is 1. The van der Waals surface area contributed by atoms with E-state index in [9.17, 15) is 4.79 Å². The summed E-state index contributed by atoms with van der Waals surface area (Å²) in [7, 11) is 5.68. The van der Waals surface area contributed by atoms with E-state index in [0.717, 1.165) is 28.6 Å². The Morgan fingerprint density at radius 3 is 2.26 bits per heavy atom. The van der Waals surface area contributed by atoms with Crippen LogP contribution in [-0.4, -0.2) is 29.9 Å². The van der Waals surface area contributed by atoms with Crippen LogP contribution in [0.1, 0.15) is 35.5 Å². The third kappa shape index (κ3) is 4.17. The molecule has 0 aliphatic carbocycles. The highest BCUT2D eigenvalue weighted by atomic mass is 16.1. The van der Waals surface area contributed by atoms with E-state index >= 15 is 0 Å². The Balaban J connectivity index is 0.000000573. The predicted molar refractivity (Wildman–Crippen MR) is 81.9 cm³/mol. The summed E-state index contributed by atoms with van der Waals surface area (Å²) in [4.78, 5) is 15.2.